The lowest BCUT2D eigenvalue weighted by Gasteiger charge is -2.19. The molecule has 0 saturated heterocycles. The molecule has 0 bridgehead atoms. The van der Waals surface area contributed by atoms with E-state index in [0.717, 1.165) is 22.6 Å². The zero-order valence-corrected chi connectivity index (χ0v) is 17.7. The zero-order chi connectivity index (χ0) is 21.0. The summed E-state index contributed by atoms with van der Waals surface area (Å²) in [4.78, 5) is 19.1. The van der Waals surface area contributed by atoms with Gasteiger partial charge < -0.3 is 9.64 Å². The maximum absolute atomic E-state index is 13.1. The molecule has 0 aliphatic heterocycles. The highest BCUT2D eigenvalue weighted by Crippen LogP contribution is 2.23. The predicted molar refractivity (Wildman–Crippen MR) is 114 cm³/mol. The van der Waals surface area contributed by atoms with Crippen LogP contribution in [0.1, 0.15) is 46.9 Å². The fraction of sp³-hybridized carbons (Fsp3) is 0.348. The van der Waals surface area contributed by atoms with Crippen molar-refractivity contribution in [1.82, 2.24) is 19.7 Å². The first-order chi connectivity index (χ1) is 13.9. The molecule has 1 aromatic carbocycles. The van der Waals surface area contributed by atoms with Crippen molar-refractivity contribution in [2.75, 3.05) is 20.2 Å². The number of rotatable bonds is 7. The number of likely N-dealkylation sites (N-methyl/N-ethyl adjacent to an activating group) is 1. The number of hydrogen-bond acceptors (Lipinski definition) is 4. The van der Waals surface area contributed by atoms with Gasteiger partial charge in [0.25, 0.3) is 5.91 Å². The van der Waals surface area contributed by atoms with Crippen molar-refractivity contribution in [3.05, 3.63) is 71.2 Å². The van der Waals surface area contributed by atoms with E-state index in [4.69, 9.17) is 4.74 Å². The second kappa shape index (κ2) is 8.90. The van der Waals surface area contributed by atoms with Gasteiger partial charge in [-0.25, -0.2) is 9.67 Å². The Morgan fingerprint density at radius 3 is 2.52 bits per heavy atom. The topological polar surface area (TPSA) is 60.2 Å². The van der Waals surface area contributed by atoms with Crippen LogP contribution in [0.15, 0.2) is 48.8 Å². The smallest absolute Gasteiger partial charge is 0.257 e. The molecule has 0 N–H and O–H groups in total. The van der Waals surface area contributed by atoms with Gasteiger partial charge in [0.05, 0.1) is 24.0 Å². The molecule has 2 heterocycles. The summed E-state index contributed by atoms with van der Waals surface area (Å²) in [5, 5.41) is 4.43. The van der Waals surface area contributed by atoms with Gasteiger partial charge in [-0.05, 0) is 55.2 Å². The molecule has 3 aromatic rings. The van der Waals surface area contributed by atoms with Crippen LogP contribution >= 0.6 is 0 Å². The second-order valence-corrected chi connectivity index (χ2v) is 7.60. The molecule has 0 atom stereocenters. The first-order valence-corrected chi connectivity index (χ1v) is 9.82. The lowest BCUT2D eigenvalue weighted by Crippen LogP contribution is -2.31. The lowest BCUT2D eigenvalue weighted by atomic mass is 10.0. The Kier molecular flexibility index (Phi) is 6.32. The van der Waals surface area contributed by atoms with Crippen LogP contribution in [0.25, 0.3) is 5.82 Å². The largest absolute Gasteiger partial charge is 0.492 e. The van der Waals surface area contributed by atoms with E-state index >= 15 is 0 Å². The first-order valence-electron chi connectivity index (χ1n) is 9.82. The SMILES string of the molecule is Cc1cc(C)cc(OCCN(C)C(=O)c2cnn(-c3ccccn3)c2C(C)C)c1. The maximum Gasteiger partial charge on any atom is 0.257 e. The van der Waals surface area contributed by atoms with Gasteiger partial charge >= 0.3 is 0 Å². The van der Waals surface area contributed by atoms with Gasteiger partial charge in [0.15, 0.2) is 5.82 Å². The molecule has 6 nitrogen and oxygen atoms in total. The van der Waals surface area contributed by atoms with Crippen molar-refractivity contribution in [3.63, 3.8) is 0 Å². The van der Waals surface area contributed by atoms with Crippen molar-refractivity contribution in [1.29, 1.82) is 0 Å². The maximum atomic E-state index is 13.1. The van der Waals surface area contributed by atoms with Gasteiger partial charge in [0.1, 0.15) is 12.4 Å². The Bertz CT molecular complexity index is 960. The predicted octanol–water partition coefficient (Wildman–Crippen LogP) is 4.16. The Balaban J connectivity index is 1.71. The highest BCUT2D eigenvalue weighted by atomic mass is 16.5. The van der Waals surface area contributed by atoms with Crippen molar-refractivity contribution in [3.8, 4) is 11.6 Å². The van der Waals surface area contributed by atoms with Crippen LogP contribution in [0.3, 0.4) is 0 Å². The van der Waals surface area contributed by atoms with Crippen molar-refractivity contribution >= 4 is 5.91 Å². The number of aromatic nitrogens is 3. The quantitative estimate of drug-likeness (QED) is 0.606. The number of carbonyl (C=O) groups excluding carboxylic acids is 1. The van der Waals surface area contributed by atoms with E-state index in [0.29, 0.717) is 24.5 Å². The summed E-state index contributed by atoms with van der Waals surface area (Å²) < 4.78 is 7.60. The van der Waals surface area contributed by atoms with E-state index in [1.165, 1.54) is 0 Å². The third-order valence-electron chi connectivity index (χ3n) is 4.69. The first kappa shape index (κ1) is 20.6. The Morgan fingerprint density at radius 2 is 1.90 bits per heavy atom. The van der Waals surface area contributed by atoms with E-state index in [-0.39, 0.29) is 11.8 Å². The molecule has 29 heavy (non-hydrogen) atoms. The molecule has 0 spiro atoms. The monoisotopic (exact) mass is 392 g/mol. The molecule has 2 aromatic heterocycles. The molecule has 152 valence electrons. The van der Waals surface area contributed by atoms with Crippen LogP contribution in [0.2, 0.25) is 0 Å². The summed E-state index contributed by atoms with van der Waals surface area (Å²) in [6, 6.07) is 11.8. The lowest BCUT2D eigenvalue weighted by molar-refractivity contribution is 0.0772. The Labute approximate surface area is 172 Å². The van der Waals surface area contributed by atoms with E-state index in [1.54, 1.807) is 29.0 Å². The van der Waals surface area contributed by atoms with Crippen molar-refractivity contribution in [2.45, 2.75) is 33.6 Å². The highest BCUT2D eigenvalue weighted by Gasteiger charge is 2.23. The zero-order valence-electron chi connectivity index (χ0n) is 17.7. The molecule has 0 aliphatic rings. The molecule has 0 fully saturated rings. The minimum atomic E-state index is -0.0695. The number of pyridine rings is 1. The van der Waals surface area contributed by atoms with E-state index in [1.807, 2.05) is 44.2 Å². The summed E-state index contributed by atoms with van der Waals surface area (Å²) in [7, 11) is 1.79. The van der Waals surface area contributed by atoms with Crippen molar-refractivity contribution in [2.24, 2.45) is 0 Å². The highest BCUT2D eigenvalue weighted by molar-refractivity contribution is 5.95. The average Bonchev–Trinajstić information content (AvgIpc) is 3.12. The molecule has 0 unspecified atom stereocenters. The summed E-state index contributed by atoms with van der Waals surface area (Å²) in [6.45, 7) is 9.10. The summed E-state index contributed by atoms with van der Waals surface area (Å²) in [5.74, 6) is 1.59. The molecule has 3 rings (SSSR count). The summed E-state index contributed by atoms with van der Waals surface area (Å²) >= 11 is 0. The fourth-order valence-electron chi connectivity index (χ4n) is 3.36. The number of ether oxygens (including phenoxy) is 1. The number of hydrogen-bond donors (Lipinski definition) is 0. The third kappa shape index (κ3) is 4.83. The number of amides is 1. The van der Waals surface area contributed by atoms with Gasteiger partial charge in [-0.15, -0.1) is 0 Å². The van der Waals surface area contributed by atoms with Crippen molar-refractivity contribution < 1.29 is 9.53 Å². The molecular weight excluding hydrogens is 364 g/mol. The molecule has 0 aliphatic carbocycles. The van der Waals surface area contributed by atoms with Crippen LogP contribution < -0.4 is 4.74 Å². The van der Waals surface area contributed by atoms with Crippen LogP contribution in [-0.4, -0.2) is 45.8 Å². The van der Waals surface area contributed by atoms with E-state index in [2.05, 4.69) is 30.0 Å². The number of benzene rings is 1. The van der Waals surface area contributed by atoms with Crippen LogP contribution in [0.5, 0.6) is 5.75 Å². The number of nitrogens with zero attached hydrogens (tertiary/aromatic N) is 4. The minimum Gasteiger partial charge on any atom is -0.492 e. The van der Waals surface area contributed by atoms with Gasteiger partial charge in [-0.2, -0.15) is 5.10 Å². The molecule has 6 heteroatoms. The Morgan fingerprint density at radius 1 is 1.17 bits per heavy atom. The molecule has 0 radical (unpaired) electrons. The minimum absolute atomic E-state index is 0.0695. The summed E-state index contributed by atoms with van der Waals surface area (Å²) in [6.07, 6.45) is 3.35. The van der Waals surface area contributed by atoms with Crippen LogP contribution in [0.4, 0.5) is 0 Å². The summed E-state index contributed by atoms with van der Waals surface area (Å²) in [5.41, 5.74) is 3.77. The van der Waals surface area contributed by atoms with Gasteiger partial charge in [-0.3, -0.25) is 4.79 Å². The Hall–Kier alpha value is -3.15. The van der Waals surface area contributed by atoms with E-state index in [9.17, 15) is 4.79 Å². The molecule has 1 amide bonds. The van der Waals surface area contributed by atoms with Crippen LogP contribution in [0, 0.1) is 13.8 Å². The third-order valence-corrected chi connectivity index (χ3v) is 4.69. The van der Waals surface area contributed by atoms with Gasteiger partial charge in [-0.1, -0.05) is 26.0 Å². The fourth-order valence-corrected chi connectivity index (χ4v) is 3.36. The normalized spacial score (nSPS) is 11.0. The molecular formula is C23H28N4O2. The molecule has 0 saturated carbocycles. The van der Waals surface area contributed by atoms with Gasteiger partial charge in [0.2, 0.25) is 0 Å². The number of aryl methyl sites for hydroxylation is 2. The second-order valence-electron chi connectivity index (χ2n) is 7.60. The van der Waals surface area contributed by atoms with Crippen LogP contribution in [-0.2, 0) is 0 Å². The number of carbonyl (C=O) groups is 1. The average molecular weight is 393 g/mol. The standard InChI is InChI=1S/C23H28N4O2/c1-16(2)22-20(15-25-27(22)21-8-6-7-9-24-21)23(28)26(5)10-11-29-19-13-17(3)12-18(4)14-19/h6-9,12-16H,10-11H2,1-5H3. The van der Waals surface area contributed by atoms with E-state index < -0.39 is 0 Å². The van der Waals surface area contributed by atoms with Gasteiger partial charge in [0, 0.05) is 13.2 Å².